The molecule has 206 valence electrons. The monoisotopic (exact) mass is 503 g/mol. The van der Waals surface area contributed by atoms with Gasteiger partial charge in [-0.25, -0.2) is 0 Å². The summed E-state index contributed by atoms with van der Waals surface area (Å²) in [7, 11) is 2.00. The summed E-state index contributed by atoms with van der Waals surface area (Å²) in [5.41, 5.74) is 6.20. The molecule has 36 heavy (non-hydrogen) atoms. The average molecular weight is 504 g/mol. The maximum absolute atomic E-state index is 11.1. The van der Waals surface area contributed by atoms with Crippen molar-refractivity contribution in [1.29, 1.82) is 0 Å². The van der Waals surface area contributed by atoms with Crippen molar-refractivity contribution in [2.24, 2.45) is 40.7 Å². The van der Waals surface area contributed by atoms with Gasteiger partial charge in [0.25, 0.3) is 0 Å². The number of aromatic nitrogens is 1. The largest absolute Gasteiger partial charge is 0.352 e. The molecule has 1 aliphatic heterocycles. The number of nitrogens with zero attached hydrogens (tertiary/aromatic N) is 2. The Labute approximate surface area is 221 Å². The maximum Gasteiger partial charge on any atom is 0.120 e. The van der Waals surface area contributed by atoms with Crippen molar-refractivity contribution in [2.45, 2.75) is 86.1 Å². The molecule has 0 spiro atoms. The van der Waals surface area contributed by atoms with Crippen molar-refractivity contribution < 1.29 is 9.18 Å². The molecule has 1 aromatic heterocycles. The highest BCUT2D eigenvalue weighted by molar-refractivity contribution is 5.50. The minimum atomic E-state index is 0. The van der Waals surface area contributed by atoms with Gasteiger partial charge in [-0.15, -0.1) is 0 Å². The number of carbonyl (C=O) groups excluding carboxylic acids is 1. The third kappa shape index (κ3) is 7.50. The Morgan fingerprint density at radius 2 is 1.75 bits per heavy atom. The Bertz CT molecular complexity index is 755. The van der Waals surface area contributed by atoms with E-state index < -0.39 is 0 Å². The smallest absolute Gasteiger partial charge is 0.120 e. The van der Waals surface area contributed by atoms with Gasteiger partial charge in [0, 0.05) is 37.0 Å². The van der Waals surface area contributed by atoms with Crippen LogP contribution in [0.1, 0.15) is 78.7 Å². The molecular formula is C31H54FN3O. The Hall–Kier alpha value is -2.01. The molecule has 4 nitrogen and oxygen atoms in total. The van der Waals surface area contributed by atoms with E-state index in [2.05, 4.69) is 41.4 Å². The topological polar surface area (TPSA) is 59.2 Å². The van der Waals surface area contributed by atoms with E-state index in [1.54, 1.807) is 12.4 Å². The van der Waals surface area contributed by atoms with Gasteiger partial charge in [0.15, 0.2) is 0 Å². The summed E-state index contributed by atoms with van der Waals surface area (Å²) in [5, 5.41) is 0. The molecule has 0 amide bonds. The summed E-state index contributed by atoms with van der Waals surface area (Å²) in [4.78, 5) is 17.2. The quantitative estimate of drug-likeness (QED) is 0.431. The van der Waals surface area contributed by atoms with Crippen LogP contribution in [0.25, 0.3) is 0 Å². The first kappa shape index (κ1) is 34.0. The predicted octanol–water partition coefficient (Wildman–Crippen LogP) is 7.60. The first-order valence-electron chi connectivity index (χ1n) is 13.4. The highest BCUT2D eigenvalue weighted by atomic mass is 19.1. The zero-order chi connectivity index (χ0) is 26.4. The molecule has 5 rings (SSSR count). The van der Waals surface area contributed by atoms with E-state index in [0.717, 1.165) is 30.1 Å². The van der Waals surface area contributed by atoms with Crippen molar-refractivity contribution >= 4 is 6.29 Å². The second-order valence-corrected chi connectivity index (χ2v) is 9.87. The van der Waals surface area contributed by atoms with Gasteiger partial charge in [0.05, 0.1) is 7.18 Å². The molecule has 5 heteroatoms. The second-order valence-electron chi connectivity index (χ2n) is 9.87. The zero-order valence-electron chi connectivity index (χ0n) is 23.0. The number of nitrogens with two attached hydrogens (primary N) is 1. The normalized spacial score (nSPS) is 32.4. The van der Waals surface area contributed by atoms with Crippen molar-refractivity contribution in [3.8, 4) is 0 Å². The summed E-state index contributed by atoms with van der Waals surface area (Å²) >= 11 is 0. The summed E-state index contributed by atoms with van der Waals surface area (Å²) in [5.74, 6) is 4.02. The molecular weight excluding hydrogens is 449 g/mol. The van der Waals surface area contributed by atoms with Crippen molar-refractivity contribution in [3.63, 3.8) is 0 Å². The van der Waals surface area contributed by atoms with E-state index in [4.69, 9.17) is 0 Å². The van der Waals surface area contributed by atoms with E-state index in [1.807, 2.05) is 39.1 Å². The Kier molecular flexibility index (Phi) is 16.5. The van der Waals surface area contributed by atoms with Crippen LogP contribution in [-0.2, 0) is 4.79 Å². The number of hydrogen-bond acceptors (Lipinski definition) is 4. The van der Waals surface area contributed by atoms with Gasteiger partial charge >= 0.3 is 0 Å². The van der Waals surface area contributed by atoms with Crippen LogP contribution in [-0.4, -0.2) is 36.4 Å². The number of halogens is 1. The van der Waals surface area contributed by atoms with Crippen molar-refractivity contribution in [1.82, 2.24) is 9.88 Å². The Balaban J connectivity index is 0.000000740. The van der Waals surface area contributed by atoms with Crippen LogP contribution in [0.2, 0.25) is 0 Å². The van der Waals surface area contributed by atoms with Crippen molar-refractivity contribution in [3.05, 3.63) is 55.1 Å². The summed E-state index contributed by atoms with van der Waals surface area (Å²) in [6.07, 6.45) is 20.3. The predicted molar refractivity (Wildman–Crippen MR) is 153 cm³/mol. The molecule has 0 radical (unpaired) electrons. The summed E-state index contributed by atoms with van der Waals surface area (Å²) in [6.45, 7) is 12.5. The molecule has 2 N–H and O–H groups in total. The number of aryl methyl sites for hydroxylation is 1. The lowest BCUT2D eigenvalue weighted by Gasteiger charge is -2.54. The third-order valence-electron chi connectivity index (χ3n) is 8.73. The van der Waals surface area contributed by atoms with Crippen LogP contribution < -0.4 is 5.73 Å². The summed E-state index contributed by atoms with van der Waals surface area (Å²) in [6, 6.07) is 4.62. The first-order valence-corrected chi connectivity index (χ1v) is 13.4. The number of rotatable bonds is 3. The molecule has 7 unspecified atom stereocenters. The number of carbonyl (C=O) groups is 1. The van der Waals surface area contributed by atoms with E-state index in [0.29, 0.717) is 24.6 Å². The number of fused-ring (bicyclic) bond motifs is 5. The van der Waals surface area contributed by atoms with Gasteiger partial charge in [-0.3, -0.25) is 9.37 Å². The number of pyridine rings is 1. The van der Waals surface area contributed by atoms with Crippen LogP contribution in [0.4, 0.5) is 4.39 Å². The van der Waals surface area contributed by atoms with Gasteiger partial charge in [0.1, 0.15) is 6.29 Å². The molecule has 3 aliphatic carbocycles. The molecule has 2 heterocycles. The van der Waals surface area contributed by atoms with Gasteiger partial charge in [0.2, 0.25) is 0 Å². The Morgan fingerprint density at radius 1 is 1.11 bits per heavy atom. The highest BCUT2D eigenvalue weighted by Gasteiger charge is 2.56. The molecule has 0 aromatic carbocycles. The SMILES string of the molecule is C.C=CN1C=CC2C3CCC4(C)C(CC=O)CCC4C3CCC21.CC.CF.CN.Cc1ccncc1. The number of aldehydes is 1. The average Bonchev–Trinajstić information content (AvgIpc) is 3.49. The van der Waals surface area contributed by atoms with Crippen molar-refractivity contribution in [2.75, 3.05) is 14.2 Å². The van der Waals surface area contributed by atoms with Crippen LogP contribution in [0.5, 0.6) is 0 Å². The first-order chi connectivity index (χ1) is 17.1. The molecule has 0 saturated heterocycles. The van der Waals surface area contributed by atoms with Crippen LogP contribution >= 0.6 is 0 Å². The molecule has 7 atom stereocenters. The third-order valence-corrected chi connectivity index (χ3v) is 8.73. The minimum Gasteiger partial charge on any atom is -0.352 e. The summed E-state index contributed by atoms with van der Waals surface area (Å²) < 4.78 is 9.50. The van der Waals surface area contributed by atoms with Gasteiger partial charge in [-0.05, 0) is 105 Å². The lowest BCUT2D eigenvalue weighted by Crippen LogP contribution is -2.49. The lowest BCUT2D eigenvalue weighted by molar-refractivity contribution is -0.110. The van der Waals surface area contributed by atoms with Gasteiger partial charge < -0.3 is 15.4 Å². The van der Waals surface area contributed by atoms with Crippen LogP contribution in [0.15, 0.2) is 49.6 Å². The highest BCUT2D eigenvalue weighted by Crippen LogP contribution is 2.63. The Morgan fingerprint density at radius 3 is 2.28 bits per heavy atom. The zero-order valence-corrected chi connectivity index (χ0v) is 23.0. The molecule has 3 fully saturated rings. The standard InChI is InChI=1S/C20H29NO.C6H7N.C2H6.CH3F.CH5N.CH4/c1-3-21-12-9-17-15-8-11-20(2)14(10-13-22)4-6-18(20)16(15)5-7-19(17)21;1-6-2-4-7-5-3-6;3*1-2;/h3,9,12-19H,1,4-8,10-11H2,2H3;2-5H,1H3;1-2H3;1H3;2H2,1H3;1H4. The number of alkyl halides is 1. The fourth-order valence-electron chi connectivity index (χ4n) is 7.21. The van der Waals surface area contributed by atoms with E-state index in [1.165, 1.54) is 57.4 Å². The minimum absolute atomic E-state index is 0. The van der Waals surface area contributed by atoms with Gasteiger partial charge in [-0.1, -0.05) is 40.9 Å². The fourth-order valence-corrected chi connectivity index (χ4v) is 7.21. The lowest BCUT2D eigenvalue weighted by atomic mass is 9.52. The van der Waals surface area contributed by atoms with Crippen LogP contribution in [0.3, 0.4) is 0 Å². The molecule has 1 aromatic rings. The van der Waals surface area contributed by atoms with E-state index in [-0.39, 0.29) is 7.43 Å². The van der Waals surface area contributed by atoms with Gasteiger partial charge in [-0.2, -0.15) is 0 Å². The molecule has 0 bridgehead atoms. The molecule has 4 aliphatic rings. The second kappa shape index (κ2) is 17.4. The number of hydrogen-bond donors (Lipinski definition) is 1. The van der Waals surface area contributed by atoms with E-state index >= 15 is 0 Å². The van der Waals surface area contributed by atoms with Crippen LogP contribution in [0, 0.1) is 41.9 Å². The molecule has 3 saturated carbocycles. The maximum atomic E-state index is 11.1. The fraction of sp³-hybridized carbons (Fsp3) is 0.677. The van der Waals surface area contributed by atoms with E-state index in [9.17, 15) is 9.18 Å².